The number of phenolic OH excluding ortho intramolecular Hbond substituents is 2. The van der Waals surface area contributed by atoms with Crippen molar-refractivity contribution in [3.63, 3.8) is 0 Å². The van der Waals surface area contributed by atoms with Gasteiger partial charge in [0.25, 0.3) is 0 Å². The number of benzene rings is 1. The van der Waals surface area contributed by atoms with Crippen LogP contribution in [0, 0.1) is 10.8 Å². The average Bonchev–Trinajstić information content (AvgIpc) is 2.32. The molecule has 0 saturated heterocycles. The summed E-state index contributed by atoms with van der Waals surface area (Å²) < 4.78 is 0. The van der Waals surface area contributed by atoms with Gasteiger partial charge in [-0.15, -0.1) is 0 Å². The summed E-state index contributed by atoms with van der Waals surface area (Å²) in [5, 5.41) is 33.8. The van der Waals surface area contributed by atoms with E-state index in [1.807, 2.05) is 0 Å². The van der Waals surface area contributed by atoms with Gasteiger partial charge in [0.2, 0.25) is 0 Å². The summed E-state index contributed by atoms with van der Waals surface area (Å²) in [7, 11) is 0. The molecule has 0 atom stereocenters. The molecule has 6 heteroatoms. The molecule has 126 valence electrons. The SMILES string of the molecule is CC(C)(C)C(=O)O.CC(C)(C)C(=O)O.Oc1ccc(O)cc1. The maximum Gasteiger partial charge on any atom is 0.308 e. The highest BCUT2D eigenvalue weighted by Crippen LogP contribution is 2.13. The lowest BCUT2D eigenvalue weighted by Gasteiger charge is -2.08. The highest BCUT2D eigenvalue weighted by atomic mass is 16.4. The van der Waals surface area contributed by atoms with E-state index in [9.17, 15) is 9.59 Å². The molecule has 1 aromatic carbocycles. The van der Waals surface area contributed by atoms with Crippen LogP contribution in [-0.4, -0.2) is 32.4 Å². The molecule has 22 heavy (non-hydrogen) atoms. The van der Waals surface area contributed by atoms with Crippen molar-refractivity contribution in [3.8, 4) is 11.5 Å². The zero-order chi connectivity index (χ0) is 18.1. The van der Waals surface area contributed by atoms with Crippen molar-refractivity contribution in [2.24, 2.45) is 10.8 Å². The van der Waals surface area contributed by atoms with Crippen LogP contribution in [0.1, 0.15) is 41.5 Å². The van der Waals surface area contributed by atoms with E-state index in [1.54, 1.807) is 41.5 Å². The highest BCUT2D eigenvalue weighted by molar-refractivity contribution is 5.73. The fourth-order valence-corrected chi connectivity index (χ4v) is 0.453. The van der Waals surface area contributed by atoms with Crippen LogP contribution in [0.3, 0.4) is 0 Å². The van der Waals surface area contributed by atoms with Gasteiger partial charge in [-0.25, -0.2) is 0 Å². The number of rotatable bonds is 0. The summed E-state index contributed by atoms with van der Waals surface area (Å²) in [5.41, 5.74) is -1.17. The molecule has 1 aromatic rings. The van der Waals surface area contributed by atoms with Gasteiger partial charge in [0.05, 0.1) is 10.8 Å². The Hall–Kier alpha value is -2.24. The van der Waals surface area contributed by atoms with E-state index in [4.69, 9.17) is 20.4 Å². The van der Waals surface area contributed by atoms with Gasteiger partial charge in [0.1, 0.15) is 11.5 Å². The fourth-order valence-electron chi connectivity index (χ4n) is 0.453. The predicted octanol–water partition coefficient (Wildman–Crippen LogP) is 3.33. The first kappa shape index (κ1) is 22.0. The summed E-state index contributed by atoms with van der Waals surface area (Å²) >= 11 is 0. The van der Waals surface area contributed by atoms with E-state index in [-0.39, 0.29) is 11.5 Å². The second kappa shape index (κ2) is 8.92. The Morgan fingerprint density at radius 3 is 0.909 bits per heavy atom. The minimum absolute atomic E-state index is 0.169. The van der Waals surface area contributed by atoms with Gasteiger partial charge in [0, 0.05) is 0 Å². The predicted molar refractivity (Wildman–Crippen MR) is 84.0 cm³/mol. The maximum absolute atomic E-state index is 10.0. The van der Waals surface area contributed by atoms with Crippen LogP contribution in [-0.2, 0) is 9.59 Å². The normalized spacial score (nSPS) is 10.5. The monoisotopic (exact) mass is 314 g/mol. The molecule has 4 N–H and O–H groups in total. The lowest BCUT2D eigenvalue weighted by atomic mass is 9.98. The molecular weight excluding hydrogens is 288 g/mol. The molecule has 0 aliphatic carbocycles. The van der Waals surface area contributed by atoms with Crippen LogP contribution in [0.5, 0.6) is 11.5 Å². The molecule has 0 radical (unpaired) electrons. The Morgan fingerprint density at radius 2 is 0.818 bits per heavy atom. The van der Waals surface area contributed by atoms with Gasteiger partial charge in [-0.1, -0.05) is 0 Å². The standard InChI is InChI=1S/C6H6O2.2C5H10O2/c7-5-1-2-6(8)4-3-5;2*1-5(2,3)4(6)7/h1-4,7-8H;2*1-3H3,(H,6,7). The second-order valence-corrected chi connectivity index (χ2v) is 6.63. The molecular formula is C16H26O6. The van der Waals surface area contributed by atoms with E-state index in [2.05, 4.69) is 0 Å². The minimum atomic E-state index is -0.757. The van der Waals surface area contributed by atoms with E-state index in [0.717, 1.165) is 0 Å². The molecule has 0 aromatic heterocycles. The second-order valence-electron chi connectivity index (χ2n) is 6.63. The van der Waals surface area contributed by atoms with Crippen molar-refractivity contribution >= 4 is 11.9 Å². The number of aliphatic carboxylic acids is 2. The topological polar surface area (TPSA) is 115 Å². The summed E-state index contributed by atoms with van der Waals surface area (Å²) in [6.07, 6.45) is 0. The summed E-state index contributed by atoms with van der Waals surface area (Å²) in [6, 6.07) is 5.70. The van der Waals surface area contributed by atoms with Gasteiger partial charge in [-0.2, -0.15) is 0 Å². The third-order valence-electron chi connectivity index (χ3n) is 2.13. The highest BCUT2D eigenvalue weighted by Gasteiger charge is 2.19. The molecule has 0 unspecified atom stereocenters. The molecule has 0 saturated carbocycles. The molecule has 1 rings (SSSR count). The Bertz CT molecular complexity index is 418. The van der Waals surface area contributed by atoms with Crippen LogP contribution >= 0.6 is 0 Å². The van der Waals surface area contributed by atoms with Crippen molar-refractivity contribution in [2.75, 3.05) is 0 Å². The Morgan fingerprint density at radius 1 is 0.682 bits per heavy atom. The third kappa shape index (κ3) is 12.8. The number of hydrogen-bond acceptors (Lipinski definition) is 4. The molecule has 0 amide bonds. The first-order chi connectivity index (χ1) is 9.67. The summed E-state index contributed by atoms with van der Waals surface area (Å²) in [5.74, 6) is -1.18. The molecule has 0 bridgehead atoms. The number of carboxylic acid groups (broad SMARTS) is 2. The summed E-state index contributed by atoms with van der Waals surface area (Å²) in [6.45, 7) is 9.97. The molecule has 0 heterocycles. The lowest BCUT2D eigenvalue weighted by molar-refractivity contribution is -0.146. The quantitative estimate of drug-likeness (QED) is 0.546. The number of hydrogen-bond donors (Lipinski definition) is 4. The first-order valence-corrected chi connectivity index (χ1v) is 6.62. The van der Waals surface area contributed by atoms with Crippen molar-refractivity contribution in [1.82, 2.24) is 0 Å². The molecule has 0 spiro atoms. The first-order valence-electron chi connectivity index (χ1n) is 6.62. The summed E-state index contributed by atoms with van der Waals surface area (Å²) in [4.78, 5) is 20.0. The lowest BCUT2D eigenvalue weighted by Crippen LogP contribution is -2.18. The van der Waals surface area contributed by atoms with E-state index in [1.165, 1.54) is 24.3 Å². The van der Waals surface area contributed by atoms with Crippen LogP contribution in [0.2, 0.25) is 0 Å². The Kier molecular flexibility index (Phi) is 8.94. The van der Waals surface area contributed by atoms with Crippen LogP contribution in [0.4, 0.5) is 0 Å². The van der Waals surface area contributed by atoms with Crippen molar-refractivity contribution < 1.29 is 30.0 Å². The molecule has 6 nitrogen and oxygen atoms in total. The number of carbonyl (C=O) groups is 2. The average molecular weight is 314 g/mol. The number of aromatic hydroxyl groups is 2. The van der Waals surface area contributed by atoms with Gasteiger partial charge < -0.3 is 20.4 Å². The largest absolute Gasteiger partial charge is 0.508 e. The molecule has 0 aliphatic rings. The van der Waals surface area contributed by atoms with Gasteiger partial charge in [0.15, 0.2) is 0 Å². The number of carboxylic acids is 2. The molecule has 0 fully saturated rings. The zero-order valence-electron chi connectivity index (χ0n) is 13.9. The minimum Gasteiger partial charge on any atom is -0.508 e. The molecule has 0 aliphatic heterocycles. The van der Waals surface area contributed by atoms with E-state index in [0.29, 0.717) is 0 Å². The van der Waals surface area contributed by atoms with E-state index < -0.39 is 22.8 Å². The Balaban J connectivity index is 0. The fraction of sp³-hybridized carbons (Fsp3) is 0.500. The third-order valence-corrected chi connectivity index (χ3v) is 2.13. The Labute approximate surface area is 131 Å². The zero-order valence-corrected chi connectivity index (χ0v) is 13.9. The maximum atomic E-state index is 10.0. The van der Waals surface area contributed by atoms with Crippen molar-refractivity contribution in [1.29, 1.82) is 0 Å². The van der Waals surface area contributed by atoms with Gasteiger partial charge in [-0.05, 0) is 65.8 Å². The van der Waals surface area contributed by atoms with Crippen LogP contribution in [0.25, 0.3) is 0 Å². The van der Waals surface area contributed by atoms with Gasteiger partial charge >= 0.3 is 11.9 Å². The van der Waals surface area contributed by atoms with Crippen LogP contribution < -0.4 is 0 Å². The van der Waals surface area contributed by atoms with Crippen molar-refractivity contribution in [2.45, 2.75) is 41.5 Å². The smallest absolute Gasteiger partial charge is 0.308 e. The van der Waals surface area contributed by atoms with Crippen molar-refractivity contribution in [3.05, 3.63) is 24.3 Å². The van der Waals surface area contributed by atoms with Crippen LogP contribution in [0.15, 0.2) is 24.3 Å². The van der Waals surface area contributed by atoms with Gasteiger partial charge in [-0.3, -0.25) is 9.59 Å². The number of phenols is 2. The van der Waals surface area contributed by atoms with E-state index >= 15 is 0 Å².